The van der Waals surface area contributed by atoms with E-state index in [0.29, 0.717) is 12.5 Å². The summed E-state index contributed by atoms with van der Waals surface area (Å²) < 4.78 is 4.96. The SMILES string of the molecule is Cc1ccccc1NC(=S)NC(=O)OCC(C)C. The van der Waals surface area contributed by atoms with E-state index in [9.17, 15) is 4.79 Å². The Morgan fingerprint density at radius 3 is 2.67 bits per heavy atom. The molecule has 0 aromatic heterocycles. The van der Waals surface area contributed by atoms with Gasteiger partial charge in [-0.3, -0.25) is 5.32 Å². The van der Waals surface area contributed by atoms with Gasteiger partial charge in [0.25, 0.3) is 0 Å². The van der Waals surface area contributed by atoms with Crippen LogP contribution >= 0.6 is 12.2 Å². The lowest BCUT2D eigenvalue weighted by molar-refractivity contribution is 0.138. The van der Waals surface area contributed by atoms with Gasteiger partial charge in [0.05, 0.1) is 6.61 Å². The Hall–Kier alpha value is -1.62. The number of nitrogens with one attached hydrogen (secondary N) is 2. The van der Waals surface area contributed by atoms with E-state index in [4.69, 9.17) is 17.0 Å². The lowest BCUT2D eigenvalue weighted by Crippen LogP contribution is -2.35. The number of carbonyl (C=O) groups excluding carboxylic acids is 1. The molecule has 18 heavy (non-hydrogen) atoms. The maximum Gasteiger partial charge on any atom is 0.413 e. The Labute approximate surface area is 113 Å². The maximum atomic E-state index is 11.4. The van der Waals surface area contributed by atoms with E-state index in [2.05, 4.69) is 10.6 Å². The fourth-order valence-corrected chi connectivity index (χ4v) is 1.43. The number of anilines is 1. The zero-order valence-corrected chi connectivity index (χ0v) is 11.6. The van der Waals surface area contributed by atoms with Crippen LogP contribution in [0.4, 0.5) is 10.5 Å². The zero-order chi connectivity index (χ0) is 13.5. The van der Waals surface area contributed by atoms with E-state index in [-0.39, 0.29) is 5.11 Å². The number of benzene rings is 1. The molecule has 0 radical (unpaired) electrons. The van der Waals surface area contributed by atoms with Crippen LogP contribution in [0.1, 0.15) is 19.4 Å². The van der Waals surface area contributed by atoms with Crippen LogP contribution < -0.4 is 10.6 Å². The third kappa shape index (κ3) is 5.14. The van der Waals surface area contributed by atoms with Crippen molar-refractivity contribution in [2.45, 2.75) is 20.8 Å². The molecule has 2 N–H and O–H groups in total. The number of rotatable bonds is 3. The molecule has 1 amide bonds. The minimum absolute atomic E-state index is 0.234. The number of ether oxygens (including phenoxy) is 1. The number of hydrogen-bond acceptors (Lipinski definition) is 3. The van der Waals surface area contributed by atoms with Crippen molar-refractivity contribution < 1.29 is 9.53 Å². The molecule has 0 spiro atoms. The molecule has 0 saturated heterocycles. The average molecular weight is 266 g/mol. The molecule has 1 rings (SSSR count). The number of thiocarbonyl (C=S) groups is 1. The Morgan fingerprint density at radius 1 is 1.39 bits per heavy atom. The van der Waals surface area contributed by atoms with Crippen LogP contribution in [0.15, 0.2) is 24.3 Å². The molecule has 0 atom stereocenters. The Morgan fingerprint density at radius 2 is 2.06 bits per heavy atom. The molecule has 0 heterocycles. The molecule has 0 aliphatic rings. The summed E-state index contributed by atoms with van der Waals surface area (Å²) in [6, 6.07) is 7.69. The Bertz CT molecular complexity index is 433. The first kappa shape index (κ1) is 14.4. The first-order chi connectivity index (χ1) is 8.49. The van der Waals surface area contributed by atoms with Gasteiger partial charge in [-0.15, -0.1) is 0 Å². The number of para-hydroxylation sites is 1. The van der Waals surface area contributed by atoms with Crippen LogP contribution in [0.2, 0.25) is 0 Å². The van der Waals surface area contributed by atoms with Crippen LogP contribution in [-0.2, 0) is 4.74 Å². The third-order valence-electron chi connectivity index (χ3n) is 2.16. The maximum absolute atomic E-state index is 11.4. The van der Waals surface area contributed by atoms with Gasteiger partial charge in [-0.05, 0) is 36.7 Å². The quantitative estimate of drug-likeness (QED) is 0.826. The van der Waals surface area contributed by atoms with Gasteiger partial charge in [0, 0.05) is 5.69 Å². The molecule has 0 bridgehead atoms. The molecule has 0 unspecified atom stereocenters. The fraction of sp³-hybridized carbons (Fsp3) is 0.385. The summed E-state index contributed by atoms with van der Waals surface area (Å²) in [6.45, 7) is 6.27. The number of aryl methyl sites for hydroxylation is 1. The van der Waals surface area contributed by atoms with E-state index in [1.807, 2.05) is 45.0 Å². The second-order valence-corrected chi connectivity index (χ2v) is 4.79. The average Bonchev–Trinajstić information content (AvgIpc) is 2.29. The summed E-state index contributed by atoms with van der Waals surface area (Å²) in [5.41, 5.74) is 1.92. The predicted molar refractivity (Wildman–Crippen MR) is 76.7 cm³/mol. The van der Waals surface area contributed by atoms with Crippen molar-refractivity contribution in [2.24, 2.45) is 5.92 Å². The van der Waals surface area contributed by atoms with Gasteiger partial charge in [-0.2, -0.15) is 0 Å². The molecule has 0 fully saturated rings. The molecule has 1 aromatic carbocycles. The normalized spacial score (nSPS) is 10.0. The number of amides is 1. The topological polar surface area (TPSA) is 50.4 Å². The lowest BCUT2D eigenvalue weighted by Gasteiger charge is -2.12. The summed E-state index contributed by atoms with van der Waals surface area (Å²) in [5.74, 6) is 0.300. The Kier molecular flexibility index (Phi) is 5.58. The molecule has 0 aliphatic heterocycles. The smallest absolute Gasteiger partial charge is 0.413 e. The van der Waals surface area contributed by atoms with Crippen molar-refractivity contribution in [1.29, 1.82) is 0 Å². The highest BCUT2D eigenvalue weighted by Gasteiger charge is 2.07. The van der Waals surface area contributed by atoms with Crippen molar-refractivity contribution in [3.8, 4) is 0 Å². The van der Waals surface area contributed by atoms with Crippen molar-refractivity contribution >= 4 is 29.1 Å². The molecule has 4 nitrogen and oxygen atoms in total. The van der Waals surface area contributed by atoms with Crippen LogP contribution in [-0.4, -0.2) is 17.8 Å². The third-order valence-corrected chi connectivity index (χ3v) is 2.36. The lowest BCUT2D eigenvalue weighted by atomic mass is 10.2. The van der Waals surface area contributed by atoms with Crippen molar-refractivity contribution in [3.63, 3.8) is 0 Å². The highest BCUT2D eigenvalue weighted by atomic mass is 32.1. The Balaban J connectivity index is 2.42. The summed E-state index contributed by atoms with van der Waals surface area (Å²) in [5, 5.41) is 5.65. The van der Waals surface area contributed by atoms with Crippen LogP contribution in [0, 0.1) is 12.8 Å². The van der Waals surface area contributed by atoms with E-state index >= 15 is 0 Å². The van der Waals surface area contributed by atoms with E-state index in [1.165, 1.54) is 0 Å². The predicted octanol–water partition coefficient (Wildman–Crippen LogP) is 3.07. The molecular weight excluding hydrogens is 248 g/mol. The number of hydrogen-bond donors (Lipinski definition) is 2. The molecule has 0 saturated carbocycles. The largest absolute Gasteiger partial charge is 0.449 e. The highest BCUT2D eigenvalue weighted by Crippen LogP contribution is 2.12. The van der Waals surface area contributed by atoms with Crippen LogP contribution in [0.3, 0.4) is 0 Å². The minimum Gasteiger partial charge on any atom is -0.449 e. The first-order valence-corrected chi connectivity index (χ1v) is 6.20. The molecule has 5 heteroatoms. The van der Waals surface area contributed by atoms with Gasteiger partial charge < -0.3 is 10.1 Å². The van der Waals surface area contributed by atoms with Gasteiger partial charge in [0.1, 0.15) is 0 Å². The summed E-state index contributed by atoms with van der Waals surface area (Å²) in [6.07, 6.45) is -0.533. The highest BCUT2D eigenvalue weighted by molar-refractivity contribution is 7.80. The van der Waals surface area contributed by atoms with Gasteiger partial charge in [-0.25, -0.2) is 4.79 Å². The summed E-state index contributed by atoms with van der Waals surface area (Å²) in [4.78, 5) is 11.4. The summed E-state index contributed by atoms with van der Waals surface area (Å²) in [7, 11) is 0. The van der Waals surface area contributed by atoms with Crippen LogP contribution in [0.25, 0.3) is 0 Å². The van der Waals surface area contributed by atoms with Gasteiger partial charge in [0.2, 0.25) is 0 Å². The van der Waals surface area contributed by atoms with Crippen LogP contribution in [0.5, 0.6) is 0 Å². The second kappa shape index (κ2) is 6.96. The fourth-order valence-electron chi connectivity index (χ4n) is 1.24. The van der Waals surface area contributed by atoms with Gasteiger partial charge in [-0.1, -0.05) is 32.0 Å². The first-order valence-electron chi connectivity index (χ1n) is 5.79. The second-order valence-electron chi connectivity index (χ2n) is 4.39. The molecule has 98 valence electrons. The monoisotopic (exact) mass is 266 g/mol. The number of alkyl carbamates (subject to hydrolysis) is 1. The van der Waals surface area contributed by atoms with Crippen molar-refractivity contribution in [2.75, 3.05) is 11.9 Å². The standard InChI is InChI=1S/C13H18N2O2S/c1-9(2)8-17-13(16)15-12(18)14-11-7-5-4-6-10(11)3/h4-7,9H,8H2,1-3H3,(H2,14,15,16,18). The minimum atomic E-state index is -0.533. The van der Waals surface area contributed by atoms with E-state index < -0.39 is 6.09 Å². The van der Waals surface area contributed by atoms with Crippen molar-refractivity contribution in [1.82, 2.24) is 5.32 Å². The van der Waals surface area contributed by atoms with Gasteiger partial charge in [0.15, 0.2) is 5.11 Å². The summed E-state index contributed by atoms with van der Waals surface area (Å²) >= 11 is 5.03. The molecule has 0 aliphatic carbocycles. The van der Waals surface area contributed by atoms with Gasteiger partial charge >= 0.3 is 6.09 Å². The molecule has 1 aromatic rings. The molecular formula is C13H18N2O2S. The van der Waals surface area contributed by atoms with E-state index in [1.54, 1.807) is 0 Å². The zero-order valence-electron chi connectivity index (χ0n) is 10.8. The van der Waals surface area contributed by atoms with Crippen molar-refractivity contribution in [3.05, 3.63) is 29.8 Å². The van der Waals surface area contributed by atoms with E-state index in [0.717, 1.165) is 11.3 Å². The number of carbonyl (C=O) groups is 1.